The molecule has 0 bridgehead atoms. The van der Waals surface area contributed by atoms with Crippen LogP contribution >= 0.6 is 12.4 Å². The lowest BCUT2D eigenvalue weighted by Gasteiger charge is -2.18. The fourth-order valence-electron chi connectivity index (χ4n) is 2.80. The highest BCUT2D eigenvalue weighted by Gasteiger charge is 2.21. The number of benzene rings is 1. The summed E-state index contributed by atoms with van der Waals surface area (Å²) in [4.78, 5) is 13.6. The number of aromatic amines is 1. The number of aryl methyl sites for hydroxylation is 1. The Hall–Kier alpha value is -1.85. The number of aromatic nitrogens is 2. The third-order valence-corrected chi connectivity index (χ3v) is 4.31. The fourth-order valence-corrected chi connectivity index (χ4v) is 2.80. The predicted molar refractivity (Wildman–Crippen MR) is 93.9 cm³/mol. The minimum Gasteiger partial charge on any atom is -0.312 e. The molecular weight excluding hydrogens is 312 g/mol. The van der Waals surface area contributed by atoms with Crippen molar-refractivity contribution in [3.63, 3.8) is 0 Å². The number of amides is 1. The Morgan fingerprint density at radius 3 is 2.65 bits per heavy atom. The standard InChI is InChI=1S/C17H22N4O.ClH/c1-12(18-10-15-11-19-20-13(15)2)14-5-7-16(8-6-14)21-9-3-4-17(21)22;/h5-8,11-12,18H,3-4,9-10H2,1-2H3,(H,19,20);1H. The number of H-pyrrole nitrogens is 1. The third-order valence-electron chi connectivity index (χ3n) is 4.31. The summed E-state index contributed by atoms with van der Waals surface area (Å²) < 4.78 is 0. The lowest BCUT2D eigenvalue weighted by Crippen LogP contribution is -2.23. The van der Waals surface area contributed by atoms with Gasteiger partial charge in [0.2, 0.25) is 5.91 Å². The Bertz CT molecular complexity index is 653. The van der Waals surface area contributed by atoms with Crippen LogP contribution in [0.4, 0.5) is 5.69 Å². The van der Waals surface area contributed by atoms with Gasteiger partial charge in [0.05, 0.1) is 6.20 Å². The maximum atomic E-state index is 11.8. The van der Waals surface area contributed by atoms with Gasteiger partial charge in [0.25, 0.3) is 0 Å². The zero-order valence-electron chi connectivity index (χ0n) is 13.5. The van der Waals surface area contributed by atoms with Gasteiger partial charge in [-0.1, -0.05) is 12.1 Å². The Morgan fingerprint density at radius 1 is 1.35 bits per heavy atom. The van der Waals surface area contributed by atoms with E-state index >= 15 is 0 Å². The second-order valence-corrected chi connectivity index (χ2v) is 5.86. The van der Waals surface area contributed by atoms with Gasteiger partial charge in [-0.2, -0.15) is 5.10 Å². The van der Waals surface area contributed by atoms with E-state index in [1.807, 2.05) is 30.2 Å². The minimum atomic E-state index is 0. The lowest BCUT2D eigenvalue weighted by molar-refractivity contribution is -0.117. The number of nitrogens with one attached hydrogen (secondary N) is 2. The first-order chi connectivity index (χ1) is 10.6. The van der Waals surface area contributed by atoms with Crippen LogP contribution in [0.15, 0.2) is 30.5 Å². The summed E-state index contributed by atoms with van der Waals surface area (Å²) in [5, 5.41) is 10.5. The van der Waals surface area contributed by atoms with Gasteiger partial charge >= 0.3 is 0 Å². The summed E-state index contributed by atoms with van der Waals surface area (Å²) in [7, 11) is 0. The van der Waals surface area contributed by atoms with Crippen LogP contribution < -0.4 is 10.2 Å². The monoisotopic (exact) mass is 334 g/mol. The molecule has 1 aromatic carbocycles. The lowest BCUT2D eigenvalue weighted by atomic mass is 10.1. The second kappa shape index (κ2) is 7.62. The summed E-state index contributed by atoms with van der Waals surface area (Å²) in [5.74, 6) is 0.231. The Balaban J connectivity index is 0.00000192. The minimum absolute atomic E-state index is 0. The van der Waals surface area contributed by atoms with Crippen LogP contribution in [-0.2, 0) is 11.3 Å². The van der Waals surface area contributed by atoms with E-state index in [1.165, 1.54) is 11.1 Å². The van der Waals surface area contributed by atoms with Gasteiger partial charge in [-0.3, -0.25) is 9.89 Å². The maximum Gasteiger partial charge on any atom is 0.227 e. The Morgan fingerprint density at radius 2 is 2.09 bits per heavy atom. The topological polar surface area (TPSA) is 61.0 Å². The average molecular weight is 335 g/mol. The molecule has 1 aliphatic rings. The first kappa shape index (κ1) is 17.5. The second-order valence-electron chi connectivity index (χ2n) is 5.86. The number of hydrogen-bond donors (Lipinski definition) is 2. The molecular formula is C17H23ClN4O. The van der Waals surface area contributed by atoms with Gasteiger partial charge in [0.15, 0.2) is 0 Å². The van der Waals surface area contributed by atoms with Crippen molar-refractivity contribution in [2.45, 2.75) is 39.3 Å². The quantitative estimate of drug-likeness (QED) is 0.883. The van der Waals surface area contributed by atoms with E-state index in [9.17, 15) is 4.79 Å². The molecule has 2 aromatic rings. The Kier molecular flexibility index (Phi) is 5.80. The van der Waals surface area contributed by atoms with Crippen molar-refractivity contribution in [1.29, 1.82) is 0 Å². The van der Waals surface area contributed by atoms with Crippen LogP contribution in [0.25, 0.3) is 0 Å². The normalized spacial score (nSPS) is 15.6. The molecule has 1 unspecified atom stereocenters. The number of carbonyl (C=O) groups is 1. The van der Waals surface area contributed by atoms with Gasteiger partial charge in [-0.25, -0.2) is 0 Å². The molecule has 3 rings (SSSR count). The summed E-state index contributed by atoms with van der Waals surface area (Å²) >= 11 is 0. The molecule has 0 aliphatic carbocycles. The molecule has 0 saturated carbocycles. The number of rotatable bonds is 5. The molecule has 124 valence electrons. The van der Waals surface area contributed by atoms with E-state index in [4.69, 9.17) is 0 Å². The molecule has 1 saturated heterocycles. The van der Waals surface area contributed by atoms with E-state index in [1.54, 1.807) is 0 Å². The molecule has 1 atom stereocenters. The van der Waals surface area contributed by atoms with Crippen LogP contribution in [0.3, 0.4) is 0 Å². The van der Waals surface area contributed by atoms with Crippen molar-refractivity contribution in [2.24, 2.45) is 0 Å². The smallest absolute Gasteiger partial charge is 0.227 e. The molecule has 0 radical (unpaired) electrons. The van der Waals surface area contributed by atoms with Crippen molar-refractivity contribution >= 4 is 24.0 Å². The van der Waals surface area contributed by atoms with Crippen LogP contribution in [0.1, 0.15) is 42.6 Å². The highest BCUT2D eigenvalue weighted by atomic mass is 35.5. The van der Waals surface area contributed by atoms with E-state index in [0.29, 0.717) is 6.42 Å². The van der Waals surface area contributed by atoms with Gasteiger partial charge in [-0.15, -0.1) is 12.4 Å². The fraction of sp³-hybridized carbons (Fsp3) is 0.412. The van der Waals surface area contributed by atoms with Gasteiger partial charge < -0.3 is 10.2 Å². The molecule has 1 fully saturated rings. The van der Waals surface area contributed by atoms with Crippen LogP contribution in [0.2, 0.25) is 0 Å². The SMILES string of the molecule is Cc1[nH]ncc1CNC(C)c1ccc(N2CCCC2=O)cc1.Cl. The van der Waals surface area contributed by atoms with Crippen LogP contribution in [0.5, 0.6) is 0 Å². The summed E-state index contributed by atoms with van der Waals surface area (Å²) in [6.45, 7) is 5.80. The number of hydrogen-bond acceptors (Lipinski definition) is 3. The van der Waals surface area contributed by atoms with Gasteiger partial charge in [-0.05, 0) is 38.0 Å². The largest absolute Gasteiger partial charge is 0.312 e. The number of carbonyl (C=O) groups excluding carboxylic acids is 1. The molecule has 2 N–H and O–H groups in total. The molecule has 2 heterocycles. The van der Waals surface area contributed by atoms with Crippen LogP contribution in [-0.4, -0.2) is 22.6 Å². The average Bonchev–Trinajstić information content (AvgIpc) is 3.13. The molecule has 5 nitrogen and oxygen atoms in total. The van der Waals surface area contributed by atoms with Gasteiger partial charge in [0.1, 0.15) is 0 Å². The van der Waals surface area contributed by atoms with E-state index < -0.39 is 0 Å². The van der Waals surface area contributed by atoms with E-state index in [-0.39, 0.29) is 24.4 Å². The van der Waals surface area contributed by atoms with Crippen molar-refractivity contribution < 1.29 is 4.79 Å². The summed E-state index contributed by atoms with van der Waals surface area (Å²) in [6, 6.07) is 8.53. The Labute approximate surface area is 142 Å². The third kappa shape index (κ3) is 3.92. The molecule has 1 aliphatic heterocycles. The van der Waals surface area contributed by atoms with Crippen molar-refractivity contribution in [2.75, 3.05) is 11.4 Å². The number of nitrogens with zero attached hydrogens (tertiary/aromatic N) is 2. The van der Waals surface area contributed by atoms with Crippen molar-refractivity contribution in [1.82, 2.24) is 15.5 Å². The van der Waals surface area contributed by atoms with Crippen molar-refractivity contribution in [3.8, 4) is 0 Å². The highest BCUT2D eigenvalue weighted by Crippen LogP contribution is 2.23. The zero-order chi connectivity index (χ0) is 15.5. The zero-order valence-corrected chi connectivity index (χ0v) is 14.3. The molecule has 6 heteroatoms. The molecule has 0 spiro atoms. The number of anilines is 1. The van der Waals surface area contributed by atoms with Gasteiger partial charge in [0, 0.05) is 42.5 Å². The first-order valence-corrected chi connectivity index (χ1v) is 7.77. The molecule has 23 heavy (non-hydrogen) atoms. The predicted octanol–water partition coefficient (Wildman–Crippen LogP) is 3.12. The first-order valence-electron chi connectivity index (χ1n) is 7.77. The van der Waals surface area contributed by atoms with Crippen LogP contribution in [0, 0.1) is 6.92 Å². The van der Waals surface area contributed by atoms with Crippen molar-refractivity contribution in [3.05, 3.63) is 47.3 Å². The van der Waals surface area contributed by atoms with E-state index in [0.717, 1.165) is 30.9 Å². The van der Waals surface area contributed by atoms with E-state index in [2.05, 4.69) is 34.6 Å². The highest BCUT2D eigenvalue weighted by molar-refractivity contribution is 5.95. The molecule has 1 aromatic heterocycles. The summed E-state index contributed by atoms with van der Waals surface area (Å²) in [5.41, 5.74) is 4.51. The molecule has 1 amide bonds. The number of halogens is 1. The maximum absolute atomic E-state index is 11.8. The summed E-state index contributed by atoms with van der Waals surface area (Å²) in [6.07, 6.45) is 3.49.